The van der Waals surface area contributed by atoms with Crippen LogP contribution in [0.25, 0.3) is 0 Å². The first-order chi connectivity index (χ1) is 8.56. The summed E-state index contributed by atoms with van der Waals surface area (Å²) in [4.78, 5) is 19.1. The van der Waals surface area contributed by atoms with Gasteiger partial charge >= 0.3 is 5.97 Å². The Morgan fingerprint density at radius 3 is 2.89 bits per heavy atom. The summed E-state index contributed by atoms with van der Waals surface area (Å²) in [5, 5.41) is 20.6. The minimum absolute atomic E-state index is 0.190. The minimum atomic E-state index is -0.938. The van der Waals surface area contributed by atoms with Crippen LogP contribution in [-0.2, 0) is 4.79 Å². The smallest absolute Gasteiger partial charge is 0.326 e. The molecule has 2 N–H and O–H groups in total. The van der Waals surface area contributed by atoms with Crippen molar-refractivity contribution in [2.24, 2.45) is 0 Å². The molecule has 0 aliphatic rings. The molecular weight excluding hydrogens is 232 g/mol. The third kappa shape index (κ3) is 4.01. The van der Waals surface area contributed by atoms with E-state index in [1.165, 1.54) is 0 Å². The number of carbonyl (C=O) groups is 1. The number of nitriles is 1. The van der Waals surface area contributed by atoms with E-state index >= 15 is 0 Å². The zero-order chi connectivity index (χ0) is 13.5. The van der Waals surface area contributed by atoms with Gasteiger partial charge in [0.1, 0.15) is 17.8 Å². The van der Waals surface area contributed by atoms with E-state index in [0.29, 0.717) is 12.1 Å². The number of carboxylic acid groups (broad SMARTS) is 1. The van der Waals surface area contributed by atoms with E-state index in [9.17, 15) is 4.79 Å². The summed E-state index contributed by atoms with van der Waals surface area (Å²) < 4.78 is 0. The van der Waals surface area contributed by atoms with Gasteiger partial charge in [-0.25, -0.2) is 14.8 Å². The molecule has 1 aromatic rings. The molecule has 6 heteroatoms. The second-order valence-electron chi connectivity index (χ2n) is 4.01. The van der Waals surface area contributed by atoms with Crippen molar-refractivity contribution in [1.82, 2.24) is 9.97 Å². The zero-order valence-electron chi connectivity index (χ0n) is 10.5. The van der Waals surface area contributed by atoms with Gasteiger partial charge in [-0.05, 0) is 19.4 Å². The number of anilines is 1. The zero-order valence-corrected chi connectivity index (χ0v) is 10.5. The van der Waals surface area contributed by atoms with E-state index in [1.54, 1.807) is 13.0 Å². The van der Waals surface area contributed by atoms with Gasteiger partial charge in [-0.15, -0.1) is 0 Å². The highest BCUT2D eigenvalue weighted by Gasteiger charge is 2.17. The summed E-state index contributed by atoms with van der Waals surface area (Å²) in [5.74, 6) is -0.748. The Kier molecular flexibility index (Phi) is 5.06. The molecule has 1 atom stereocenters. The third-order valence-corrected chi connectivity index (χ3v) is 2.42. The predicted molar refractivity (Wildman–Crippen MR) is 66.1 cm³/mol. The second kappa shape index (κ2) is 6.55. The van der Waals surface area contributed by atoms with Crippen LogP contribution >= 0.6 is 0 Å². The van der Waals surface area contributed by atoms with E-state index in [-0.39, 0.29) is 11.6 Å². The maximum Gasteiger partial charge on any atom is 0.326 e. The number of aliphatic carboxylic acids is 1. The van der Waals surface area contributed by atoms with Gasteiger partial charge in [0.05, 0.1) is 0 Å². The Bertz CT molecular complexity index is 468. The van der Waals surface area contributed by atoms with Crippen molar-refractivity contribution in [3.8, 4) is 6.07 Å². The molecule has 0 radical (unpaired) electrons. The molecule has 0 aliphatic carbocycles. The standard InChI is InChI=1S/C12H16N4O2/c1-3-4-5-10(11(17)18)16-12-14-8(2)6-9(7-13)15-12/h6,10H,3-5H2,1-2H3,(H,17,18)(H,14,15,16)/t10-/m0/s1. The molecule has 0 aromatic carbocycles. The van der Waals surface area contributed by atoms with Crippen molar-refractivity contribution in [1.29, 1.82) is 5.26 Å². The van der Waals surface area contributed by atoms with Crippen LogP contribution in [0.4, 0.5) is 5.95 Å². The number of carboxylic acids is 1. The van der Waals surface area contributed by atoms with Crippen molar-refractivity contribution in [2.45, 2.75) is 39.2 Å². The lowest BCUT2D eigenvalue weighted by atomic mass is 10.1. The molecule has 0 bridgehead atoms. The molecular formula is C12H16N4O2. The highest BCUT2D eigenvalue weighted by Crippen LogP contribution is 2.09. The van der Waals surface area contributed by atoms with Gasteiger partial charge in [-0.1, -0.05) is 19.8 Å². The normalized spacial score (nSPS) is 11.6. The lowest BCUT2D eigenvalue weighted by Gasteiger charge is -2.14. The van der Waals surface area contributed by atoms with E-state index in [2.05, 4.69) is 15.3 Å². The molecule has 0 spiro atoms. The SMILES string of the molecule is CCCC[C@H](Nc1nc(C)cc(C#N)n1)C(=O)O. The Balaban J connectivity index is 2.83. The summed E-state index contributed by atoms with van der Waals surface area (Å²) in [6.07, 6.45) is 2.23. The Hall–Kier alpha value is -2.16. The van der Waals surface area contributed by atoms with Crippen molar-refractivity contribution in [3.05, 3.63) is 17.5 Å². The molecule has 0 unspecified atom stereocenters. The van der Waals surface area contributed by atoms with Gasteiger partial charge in [0, 0.05) is 5.69 Å². The van der Waals surface area contributed by atoms with Crippen LogP contribution in [0.15, 0.2) is 6.07 Å². The Morgan fingerprint density at radius 2 is 2.33 bits per heavy atom. The molecule has 0 saturated heterocycles. The topological polar surface area (TPSA) is 98.9 Å². The molecule has 1 heterocycles. The molecule has 18 heavy (non-hydrogen) atoms. The Morgan fingerprint density at radius 1 is 1.61 bits per heavy atom. The fourth-order valence-corrected chi connectivity index (χ4v) is 1.51. The third-order valence-electron chi connectivity index (χ3n) is 2.42. The fourth-order valence-electron chi connectivity index (χ4n) is 1.51. The van der Waals surface area contributed by atoms with Crippen LogP contribution in [0, 0.1) is 18.3 Å². The maximum atomic E-state index is 11.1. The predicted octanol–water partition coefficient (Wildman–Crippen LogP) is 1.71. The summed E-state index contributed by atoms with van der Waals surface area (Å²) in [7, 11) is 0. The summed E-state index contributed by atoms with van der Waals surface area (Å²) in [5.41, 5.74) is 0.855. The monoisotopic (exact) mass is 248 g/mol. The van der Waals surface area contributed by atoms with Crippen LogP contribution in [-0.4, -0.2) is 27.1 Å². The van der Waals surface area contributed by atoms with E-state index in [4.69, 9.17) is 10.4 Å². The molecule has 1 aromatic heterocycles. The largest absolute Gasteiger partial charge is 0.480 e. The lowest BCUT2D eigenvalue weighted by Crippen LogP contribution is -2.30. The molecule has 0 saturated carbocycles. The molecule has 0 fully saturated rings. The highest BCUT2D eigenvalue weighted by molar-refractivity contribution is 5.76. The van der Waals surface area contributed by atoms with E-state index in [1.807, 2.05) is 13.0 Å². The van der Waals surface area contributed by atoms with Crippen LogP contribution in [0.5, 0.6) is 0 Å². The van der Waals surface area contributed by atoms with Gasteiger partial charge in [0.2, 0.25) is 5.95 Å². The van der Waals surface area contributed by atoms with Crippen molar-refractivity contribution >= 4 is 11.9 Å². The van der Waals surface area contributed by atoms with Gasteiger partial charge in [-0.2, -0.15) is 5.26 Å². The highest BCUT2D eigenvalue weighted by atomic mass is 16.4. The van der Waals surface area contributed by atoms with Gasteiger partial charge < -0.3 is 10.4 Å². The second-order valence-corrected chi connectivity index (χ2v) is 4.01. The number of hydrogen-bond acceptors (Lipinski definition) is 5. The summed E-state index contributed by atoms with van der Waals surface area (Å²) in [6, 6.07) is 2.74. The summed E-state index contributed by atoms with van der Waals surface area (Å²) >= 11 is 0. The molecule has 96 valence electrons. The molecule has 1 rings (SSSR count). The van der Waals surface area contributed by atoms with Crippen LogP contribution in [0.3, 0.4) is 0 Å². The number of unbranched alkanes of at least 4 members (excludes halogenated alkanes) is 1. The minimum Gasteiger partial charge on any atom is -0.480 e. The first-order valence-corrected chi connectivity index (χ1v) is 5.82. The number of nitrogens with one attached hydrogen (secondary N) is 1. The first kappa shape index (κ1) is 13.9. The average Bonchev–Trinajstić information content (AvgIpc) is 2.33. The fraction of sp³-hybridized carbons (Fsp3) is 0.500. The van der Waals surface area contributed by atoms with Gasteiger partial charge in [0.15, 0.2) is 0 Å². The maximum absolute atomic E-state index is 11.1. The van der Waals surface area contributed by atoms with Crippen molar-refractivity contribution in [3.63, 3.8) is 0 Å². The number of aromatic nitrogens is 2. The molecule has 6 nitrogen and oxygen atoms in total. The van der Waals surface area contributed by atoms with Gasteiger partial charge in [0.25, 0.3) is 0 Å². The number of aryl methyl sites for hydroxylation is 1. The van der Waals surface area contributed by atoms with Crippen LogP contribution in [0.1, 0.15) is 37.6 Å². The van der Waals surface area contributed by atoms with E-state index < -0.39 is 12.0 Å². The van der Waals surface area contributed by atoms with Crippen LogP contribution < -0.4 is 5.32 Å². The van der Waals surface area contributed by atoms with Crippen molar-refractivity contribution < 1.29 is 9.90 Å². The van der Waals surface area contributed by atoms with Crippen LogP contribution in [0.2, 0.25) is 0 Å². The Labute approximate surface area is 106 Å². The van der Waals surface area contributed by atoms with Gasteiger partial charge in [-0.3, -0.25) is 0 Å². The lowest BCUT2D eigenvalue weighted by molar-refractivity contribution is -0.138. The van der Waals surface area contributed by atoms with Crippen molar-refractivity contribution in [2.75, 3.05) is 5.32 Å². The molecule has 0 amide bonds. The number of nitrogens with zero attached hydrogens (tertiary/aromatic N) is 3. The average molecular weight is 248 g/mol. The molecule has 0 aliphatic heterocycles. The first-order valence-electron chi connectivity index (χ1n) is 5.82. The summed E-state index contributed by atoms with van der Waals surface area (Å²) in [6.45, 7) is 3.73. The quantitative estimate of drug-likeness (QED) is 0.795. The number of hydrogen-bond donors (Lipinski definition) is 2. The number of rotatable bonds is 6. The van der Waals surface area contributed by atoms with E-state index in [0.717, 1.165) is 12.8 Å².